The molecule has 0 radical (unpaired) electrons. The van der Waals surface area contributed by atoms with Crippen molar-refractivity contribution in [2.75, 3.05) is 6.54 Å². The zero-order chi connectivity index (χ0) is 12.2. The van der Waals surface area contributed by atoms with Crippen LogP contribution in [0.25, 0.3) is 0 Å². The normalized spacial score (nSPS) is 14.8. The Balaban J connectivity index is 4.22. The van der Waals surface area contributed by atoms with Gasteiger partial charge in [0.15, 0.2) is 0 Å². The van der Waals surface area contributed by atoms with Gasteiger partial charge in [0.2, 0.25) is 0 Å². The summed E-state index contributed by atoms with van der Waals surface area (Å²) in [5.41, 5.74) is 1.33. The highest BCUT2D eigenvalue weighted by Gasteiger charge is 2.02. The predicted octanol–water partition coefficient (Wildman–Crippen LogP) is 4.01. The molecule has 1 unspecified atom stereocenters. The minimum Gasteiger partial charge on any atom is -0.307 e. The molecular formula is C15H25N. The molecule has 0 rings (SSSR count). The van der Waals surface area contributed by atoms with E-state index in [1.165, 1.54) is 5.57 Å². The van der Waals surface area contributed by atoms with E-state index in [4.69, 9.17) is 0 Å². The van der Waals surface area contributed by atoms with Crippen LogP contribution in [0.4, 0.5) is 0 Å². The molecule has 0 aromatic carbocycles. The summed E-state index contributed by atoms with van der Waals surface area (Å²) in [7, 11) is 0. The fourth-order valence-electron chi connectivity index (χ4n) is 1.42. The quantitative estimate of drug-likeness (QED) is 0.480. The molecule has 0 aromatic rings. The monoisotopic (exact) mass is 219 g/mol. The van der Waals surface area contributed by atoms with Crippen molar-refractivity contribution in [3.63, 3.8) is 0 Å². The summed E-state index contributed by atoms with van der Waals surface area (Å²) in [6.07, 6.45) is 14.7. The Hall–Kier alpha value is -1.08. The molecule has 0 saturated carbocycles. The molecule has 0 aliphatic carbocycles. The molecule has 0 aromatic heterocycles. The van der Waals surface area contributed by atoms with Gasteiger partial charge in [-0.1, -0.05) is 56.9 Å². The van der Waals surface area contributed by atoms with Crippen LogP contribution in [-0.4, -0.2) is 12.6 Å². The molecule has 90 valence electrons. The van der Waals surface area contributed by atoms with Crippen molar-refractivity contribution in [1.82, 2.24) is 5.32 Å². The lowest BCUT2D eigenvalue weighted by Gasteiger charge is -2.13. The second-order valence-corrected chi connectivity index (χ2v) is 3.72. The lowest BCUT2D eigenvalue weighted by molar-refractivity contribution is 0.662. The molecule has 16 heavy (non-hydrogen) atoms. The summed E-state index contributed by atoms with van der Waals surface area (Å²) in [5.74, 6) is 0. The fraction of sp³-hybridized carbons (Fsp3) is 0.467. The van der Waals surface area contributed by atoms with E-state index in [9.17, 15) is 0 Å². The van der Waals surface area contributed by atoms with Crippen molar-refractivity contribution in [1.29, 1.82) is 0 Å². The van der Waals surface area contributed by atoms with Crippen LogP contribution in [0.5, 0.6) is 0 Å². The lowest BCUT2D eigenvalue weighted by Crippen LogP contribution is -2.27. The van der Waals surface area contributed by atoms with E-state index in [0.717, 1.165) is 19.4 Å². The van der Waals surface area contributed by atoms with E-state index >= 15 is 0 Å². The average Bonchev–Trinajstić information content (AvgIpc) is 2.29. The first kappa shape index (κ1) is 14.9. The maximum absolute atomic E-state index is 3.69. The van der Waals surface area contributed by atoms with E-state index in [-0.39, 0.29) is 0 Å². The van der Waals surface area contributed by atoms with Crippen LogP contribution >= 0.6 is 0 Å². The second kappa shape index (κ2) is 10.4. The Morgan fingerprint density at radius 1 is 1.25 bits per heavy atom. The number of nitrogens with one attached hydrogen (secondary N) is 1. The van der Waals surface area contributed by atoms with Gasteiger partial charge in [-0.2, -0.15) is 0 Å². The first-order valence-electron chi connectivity index (χ1n) is 6.13. The molecule has 0 bridgehead atoms. The Morgan fingerprint density at radius 3 is 2.56 bits per heavy atom. The van der Waals surface area contributed by atoms with E-state index in [0.29, 0.717) is 6.04 Å². The maximum Gasteiger partial charge on any atom is 0.0291 e. The molecule has 0 heterocycles. The summed E-state index contributed by atoms with van der Waals surface area (Å²) >= 11 is 0. The zero-order valence-electron chi connectivity index (χ0n) is 10.9. The molecule has 0 fully saturated rings. The Morgan fingerprint density at radius 2 is 2.00 bits per heavy atom. The molecule has 1 N–H and O–H groups in total. The van der Waals surface area contributed by atoms with Gasteiger partial charge >= 0.3 is 0 Å². The van der Waals surface area contributed by atoms with Gasteiger partial charge in [-0.25, -0.2) is 0 Å². The molecule has 0 amide bonds. The van der Waals surface area contributed by atoms with Crippen LogP contribution in [0, 0.1) is 0 Å². The molecule has 0 aliphatic rings. The predicted molar refractivity (Wildman–Crippen MR) is 74.6 cm³/mol. The number of hydrogen-bond donors (Lipinski definition) is 1. The van der Waals surface area contributed by atoms with Crippen molar-refractivity contribution in [2.45, 2.75) is 39.7 Å². The topological polar surface area (TPSA) is 12.0 Å². The van der Waals surface area contributed by atoms with Crippen molar-refractivity contribution < 1.29 is 0 Å². The zero-order valence-corrected chi connectivity index (χ0v) is 10.9. The smallest absolute Gasteiger partial charge is 0.0291 e. The van der Waals surface area contributed by atoms with Gasteiger partial charge < -0.3 is 5.32 Å². The highest BCUT2D eigenvalue weighted by Crippen LogP contribution is 2.05. The summed E-state index contributed by atoms with van der Waals surface area (Å²) in [6.45, 7) is 11.1. The third-order valence-corrected chi connectivity index (χ3v) is 2.31. The number of allylic oxidation sites excluding steroid dienone is 4. The van der Waals surface area contributed by atoms with Crippen LogP contribution in [0.1, 0.15) is 33.6 Å². The molecule has 0 aliphatic heterocycles. The first-order chi connectivity index (χ1) is 7.76. The van der Waals surface area contributed by atoms with E-state index in [1.54, 1.807) is 0 Å². The van der Waals surface area contributed by atoms with Crippen molar-refractivity contribution in [3.05, 3.63) is 48.6 Å². The largest absolute Gasteiger partial charge is 0.307 e. The molecule has 1 atom stereocenters. The van der Waals surface area contributed by atoms with Crippen LogP contribution < -0.4 is 5.32 Å². The fourth-order valence-corrected chi connectivity index (χ4v) is 1.42. The highest BCUT2D eigenvalue weighted by atomic mass is 14.9. The van der Waals surface area contributed by atoms with E-state index < -0.39 is 0 Å². The summed E-state index contributed by atoms with van der Waals surface area (Å²) in [5, 5.41) is 3.47. The minimum atomic E-state index is 0.387. The van der Waals surface area contributed by atoms with E-state index in [2.05, 4.69) is 57.0 Å². The molecule has 0 spiro atoms. The number of hydrogen-bond acceptors (Lipinski definition) is 1. The maximum atomic E-state index is 3.69. The third-order valence-electron chi connectivity index (χ3n) is 2.31. The van der Waals surface area contributed by atoms with Crippen LogP contribution in [0.2, 0.25) is 0 Å². The van der Waals surface area contributed by atoms with Crippen molar-refractivity contribution >= 4 is 0 Å². The Kier molecular flexibility index (Phi) is 9.73. The van der Waals surface area contributed by atoms with Gasteiger partial charge in [-0.15, -0.1) is 0 Å². The van der Waals surface area contributed by atoms with Crippen molar-refractivity contribution in [2.24, 2.45) is 0 Å². The second-order valence-electron chi connectivity index (χ2n) is 3.72. The van der Waals surface area contributed by atoms with Gasteiger partial charge in [0, 0.05) is 12.6 Å². The Bertz CT molecular complexity index is 259. The average molecular weight is 219 g/mol. The highest BCUT2D eigenvalue weighted by molar-refractivity contribution is 5.26. The van der Waals surface area contributed by atoms with Crippen LogP contribution in [0.3, 0.4) is 0 Å². The summed E-state index contributed by atoms with van der Waals surface area (Å²) < 4.78 is 0. The van der Waals surface area contributed by atoms with Gasteiger partial charge in [-0.3, -0.25) is 0 Å². The Labute approximate surface area is 101 Å². The molecule has 0 saturated heterocycles. The molecular weight excluding hydrogens is 194 g/mol. The van der Waals surface area contributed by atoms with Gasteiger partial charge in [0.1, 0.15) is 0 Å². The lowest BCUT2D eigenvalue weighted by atomic mass is 10.1. The first-order valence-corrected chi connectivity index (χ1v) is 6.13. The minimum absolute atomic E-state index is 0.387. The molecule has 1 nitrogen and oxygen atoms in total. The molecule has 1 heteroatoms. The third kappa shape index (κ3) is 7.24. The van der Waals surface area contributed by atoms with Crippen LogP contribution in [0.15, 0.2) is 48.6 Å². The van der Waals surface area contributed by atoms with Gasteiger partial charge in [-0.05, 0) is 25.3 Å². The van der Waals surface area contributed by atoms with E-state index in [1.807, 2.05) is 12.2 Å². The van der Waals surface area contributed by atoms with Gasteiger partial charge in [0.25, 0.3) is 0 Å². The van der Waals surface area contributed by atoms with Crippen LogP contribution in [-0.2, 0) is 0 Å². The standard InChI is InChI=1S/C15H25N/c1-5-8-10-13-16-14(4)15(11-7-3)12-9-6-2/h6,8-12,14,16H,2,5,7,13H2,1,3-4H3/b10-8-,12-9+,15-11-. The SMILES string of the molecule is C=C/C=C/C(=C/CC)C(C)NC/C=C\CC. The van der Waals surface area contributed by atoms with Gasteiger partial charge in [0.05, 0.1) is 0 Å². The van der Waals surface area contributed by atoms with Crippen molar-refractivity contribution in [3.8, 4) is 0 Å². The summed E-state index contributed by atoms with van der Waals surface area (Å²) in [4.78, 5) is 0. The number of rotatable bonds is 8. The summed E-state index contributed by atoms with van der Waals surface area (Å²) in [6, 6.07) is 0.387.